The predicted octanol–water partition coefficient (Wildman–Crippen LogP) is 6.66. The van der Waals surface area contributed by atoms with Crippen LogP contribution in [0, 0.1) is 17.5 Å². The number of nitrogens with zero attached hydrogens (tertiary/aromatic N) is 3. The fourth-order valence-electron chi connectivity index (χ4n) is 4.85. The van der Waals surface area contributed by atoms with Gasteiger partial charge in [-0.05, 0) is 60.5 Å². The molecule has 0 radical (unpaired) electrons. The smallest absolute Gasteiger partial charge is 0.316 e. The van der Waals surface area contributed by atoms with Crippen molar-refractivity contribution in [1.82, 2.24) is 9.47 Å². The Morgan fingerprint density at radius 3 is 2.33 bits per heavy atom. The summed E-state index contributed by atoms with van der Waals surface area (Å²) in [5.74, 6) is -2.43. The monoisotopic (exact) mass is 532 g/mol. The third-order valence-electron chi connectivity index (χ3n) is 6.74. The molecule has 2 heterocycles. The van der Waals surface area contributed by atoms with Crippen LogP contribution in [0.25, 0.3) is 5.69 Å². The van der Waals surface area contributed by atoms with E-state index in [1.54, 1.807) is 17.0 Å². The molecule has 0 saturated heterocycles. The minimum atomic E-state index is -0.910. The lowest BCUT2D eigenvalue weighted by Crippen LogP contribution is -2.48. The molecule has 1 aromatic heterocycles. The standard InChI is InChI=1S/C30H27F3N4O2/c1-2-3-16-35(30(39)34-24-15-14-22(32)18-23(24)33)19-28(38)37-26-8-5-4-7-25(26)36-17-6-9-27(36)29(37)20-10-12-21(31)13-11-20/h4-15,17-18,29H,2-3,16,19H2,1H3,(H,34,39). The fourth-order valence-corrected chi connectivity index (χ4v) is 4.85. The van der Waals surface area contributed by atoms with Crippen LogP contribution in [-0.2, 0) is 4.79 Å². The van der Waals surface area contributed by atoms with Crippen molar-refractivity contribution in [3.8, 4) is 5.69 Å². The molecule has 0 fully saturated rings. The van der Waals surface area contributed by atoms with Gasteiger partial charge in [0.05, 0.1) is 22.8 Å². The molecule has 1 N–H and O–H groups in total. The highest BCUT2D eigenvalue weighted by Crippen LogP contribution is 2.42. The summed E-state index contributed by atoms with van der Waals surface area (Å²) in [6.07, 6.45) is 3.29. The fraction of sp³-hybridized carbons (Fsp3) is 0.200. The van der Waals surface area contributed by atoms with Crippen molar-refractivity contribution in [3.05, 3.63) is 114 Å². The van der Waals surface area contributed by atoms with E-state index in [0.29, 0.717) is 23.7 Å². The second-order valence-corrected chi connectivity index (χ2v) is 9.34. The van der Waals surface area contributed by atoms with E-state index in [0.717, 1.165) is 29.9 Å². The first kappa shape index (κ1) is 26.1. The number of hydrogen-bond donors (Lipinski definition) is 1. The second-order valence-electron chi connectivity index (χ2n) is 9.34. The number of carbonyl (C=O) groups is 2. The molecule has 5 rings (SSSR count). The van der Waals surface area contributed by atoms with E-state index in [1.165, 1.54) is 17.0 Å². The average molecular weight is 533 g/mol. The normalized spacial score (nSPS) is 13.9. The topological polar surface area (TPSA) is 57.6 Å². The Balaban J connectivity index is 1.50. The zero-order valence-corrected chi connectivity index (χ0v) is 21.3. The van der Waals surface area contributed by atoms with Gasteiger partial charge in [-0.1, -0.05) is 37.6 Å². The number of carbonyl (C=O) groups excluding carboxylic acids is 2. The number of aromatic nitrogens is 1. The van der Waals surface area contributed by atoms with Gasteiger partial charge in [-0.25, -0.2) is 18.0 Å². The van der Waals surface area contributed by atoms with Gasteiger partial charge < -0.3 is 14.8 Å². The Kier molecular flexibility index (Phi) is 7.40. The Morgan fingerprint density at radius 2 is 1.62 bits per heavy atom. The van der Waals surface area contributed by atoms with Gasteiger partial charge in [-0.15, -0.1) is 0 Å². The van der Waals surface area contributed by atoms with E-state index in [9.17, 15) is 22.8 Å². The van der Waals surface area contributed by atoms with Crippen LogP contribution >= 0.6 is 0 Å². The lowest BCUT2D eigenvalue weighted by molar-refractivity contribution is -0.119. The molecule has 3 aromatic carbocycles. The van der Waals surface area contributed by atoms with E-state index in [1.807, 2.05) is 54.1 Å². The summed E-state index contributed by atoms with van der Waals surface area (Å²) in [7, 11) is 0. The zero-order chi connectivity index (χ0) is 27.5. The van der Waals surface area contributed by atoms with Crippen molar-refractivity contribution in [3.63, 3.8) is 0 Å². The number of anilines is 2. The molecule has 6 nitrogen and oxygen atoms in total. The summed E-state index contributed by atoms with van der Waals surface area (Å²) in [5, 5.41) is 2.46. The molecule has 4 aromatic rings. The number of benzene rings is 3. The van der Waals surface area contributed by atoms with Crippen molar-refractivity contribution in [2.24, 2.45) is 0 Å². The average Bonchev–Trinajstić information content (AvgIpc) is 3.42. The van der Waals surface area contributed by atoms with Gasteiger partial charge >= 0.3 is 6.03 Å². The molecule has 0 saturated carbocycles. The van der Waals surface area contributed by atoms with Gasteiger partial charge in [0, 0.05) is 18.8 Å². The molecule has 39 heavy (non-hydrogen) atoms. The number of amides is 3. The SMILES string of the molecule is CCCCN(CC(=O)N1c2ccccc2-n2cccc2C1c1ccc(F)cc1)C(=O)Nc1ccc(F)cc1F. The number of fused-ring (bicyclic) bond motifs is 3. The maximum Gasteiger partial charge on any atom is 0.322 e. The first-order valence-electron chi connectivity index (χ1n) is 12.7. The Morgan fingerprint density at radius 1 is 0.897 bits per heavy atom. The molecule has 1 unspecified atom stereocenters. The Hall–Kier alpha value is -4.53. The van der Waals surface area contributed by atoms with Crippen molar-refractivity contribution in [2.45, 2.75) is 25.8 Å². The van der Waals surface area contributed by atoms with Crippen LogP contribution in [0.3, 0.4) is 0 Å². The van der Waals surface area contributed by atoms with Crippen LogP contribution < -0.4 is 10.2 Å². The molecular formula is C30H27F3N4O2. The molecule has 0 bridgehead atoms. The van der Waals surface area contributed by atoms with Gasteiger partial charge in [0.1, 0.15) is 30.0 Å². The van der Waals surface area contributed by atoms with Crippen LogP contribution in [0.5, 0.6) is 0 Å². The number of urea groups is 1. The van der Waals surface area contributed by atoms with Gasteiger partial charge in [-0.2, -0.15) is 0 Å². The quantitative estimate of drug-likeness (QED) is 0.289. The lowest BCUT2D eigenvalue weighted by Gasteiger charge is -2.39. The third kappa shape index (κ3) is 5.25. The molecule has 1 atom stereocenters. The number of rotatable bonds is 7. The van der Waals surface area contributed by atoms with Crippen LogP contribution in [0.2, 0.25) is 0 Å². The predicted molar refractivity (Wildman–Crippen MR) is 143 cm³/mol. The second kappa shape index (κ2) is 11.1. The van der Waals surface area contributed by atoms with E-state index in [2.05, 4.69) is 5.32 Å². The van der Waals surface area contributed by atoms with Crippen LogP contribution in [-0.4, -0.2) is 34.5 Å². The molecule has 3 amide bonds. The maximum absolute atomic E-state index is 14.2. The number of hydrogen-bond acceptors (Lipinski definition) is 2. The first-order valence-corrected chi connectivity index (χ1v) is 12.7. The minimum absolute atomic E-state index is 0.180. The highest BCUT2D eigenvalue weighted by molar-refractivity contribution is 6.01. The molecule has 9 heteroatoms. The van der Waals surface area contributed by atoms with Crippen molar-refractivity contribution in [1.29, 1.82) is 0 Å². The van der Waals surface area contributed by atoms with Crippen LogP contribution in [0.15, 0.2) is 85.1 Å². The van der Waals surface area contributed by atoms with Crippen LogP contribution in [0.4, 0.5) is 29.3 Å². The summed E-state index contributed by atoms with van der Waals surface area (Å²) in [5.41, 5.74) is 2.77. The van der Waals surface area contributed by atoms with Gasteiger partial charge in [0.15, 0.2) is 0 Å². The highest BCUT2D eigenvalue weighted by Gasteiger charge is 2.37. The molecule has 1 aliphatic rings. The highest BCUT2D eigenvalue weighted by atomic mass is 19.1. The van der Waals surface area contributed by atoms with E-state index in [4.69, 9.17) is 0 Å². The zero-order valence-electron chi connectivity index (χ0n) is 21.3. The lowest BCUT2D eigenvalue weighted by atomic mass is 9.97. The summed E-state index contributed by atoms with van der Waals surface area (Å²) in [6.45, 7) is 1.92. The molecule has 0 spiro atoms. The minimum Gasteiger partial charge on any atom is -0.316 e. The summed E-state index contributed by atoms with van der Waals surface area (Å²) in [4.78, 5) is 30.2. The summed E-state index contributed by atoms with van der Waals surface area (Å²) >= 11 is 0. The van der Waals surface area contributed by atoms with Crippen molar-refractivity contribution < 1.29 is 22.8 Å². The maximum atomic E-state index is 14.2. The van der Waals surface area contributed by atoms with E-state index in [-0.39, 0.29) is 24.7 Å². The van der Waals surface area contributed by atoms with Crippen molar-refractivity contribution >= 4 is 23.3 Å². The van der Waals surface area contributed by atoms with Gasteiger partial charge in [0.2, 0.25) is 5.91 Å². The Bertz CT molecular complexity index is 1500. The third-order valence-corrected chi connectivity index (χ3v) is 6.74. The molecule has 1 aliphatic heterocycles. The largest absolute Gasteiger partial charge is 0.322 e. The van der Waals surface area contributed by atoms with Crippen LogP contribution in [0.1, 0.15) is 37.1 Å². The molecule has 200 valence electrons. The number of nitrogens with one attached hydrogen (secondary N) is 1. The van der Waals surface area contributed by atoms with Gasteiger partial charge in [-0.3, -0.25) is 9.69 Å². The van der Waals surface area contributed by atoms with E-state index < -0.39 is 29.5 Å². The Labute approximate surface area is 224 Å². The first-order chi connectivity index (χ1) is 18.9. The number of para-hydroxylation sites is 2. The number of halogens is 3. The van der Waals surface area contributed by atoms with Crippen molar-refractivity contribution in [2.75, 3.05) is 23.3 Å². The molecule has 0 aliphatic carbocycles. The van der Waals surface area contributed by atoms with E-state index >= 15 is 0 Å². The summed E-state index contributed by atoms with van der Waals surface area (Å²) < 4.78 is 43.4. The van der Waals surface area contributed by atoms with Gasteiger partial charge in [0.25, 0.3) is 0 Å². The summed E-state index contributed by atoms with van der Waals surface area (Å²) in [6, 6.07) is 18.8. The molecular weight excluding hydrogens is 505 g/mol. The number of unbranched alkanes of at least 4 members (excludes halogenated alkanes) is 1.